The predicted molar refractivity (Wildman–Crippen MR) is 223 cm³/mol. The predicted octanol–water partition coefficient (Wildman–Crippen LogP) is 7.99. The zero-order valence-corrected chi connectivity index (χ0v) is 35.1. The first kappa shape index (κ1) is 42.3. The number of halogens is 1. The number of nitrogens with zero attached hydrogens (tertiary/aromatic N) is 6. The van der Waals surface area contributed by atoms with E-state index in [9.17, 15) is 24.9 Å². The highest BCUT2D eigenvalue weighted by molar-refractivity contribution is 7.98. The van der Waals surface area contributed by atoms with Crippen LogP contribution in [0.5, 0.6) is 5.75 Å². The molecular weight excluding hydrogens is 798 g/mol. The molecule has 2 saturated heterocycles. The van der Waals surface area contributed by atoms with E-state index in [1.54, 1.807) is 45.0 Å². The van der Waals surface area contributed by atoms with Crippen molar-refractivity contribution >= 4 is 58.5 Å². The first-order valence-corrected chi connectivity index (χ1v) is 21.3. The molecule has 1 N–H and O–H groups in total. The fourth-order valence-electron chi connectivity index (χ4n) is 6.64. The number of pyridine rings is 1. The van der Waals surface area contributed by atoms with Crippen LogP contribution in [0.4, 0.5) is 10.6 Å². The van der Waals surface area contributed by atoms with Crippen LogP contribution in [-0.4, -0.2) is 83.4 Å². The highest BCUT2D eigenvalue weighted by atomic mass is 35.5. The number of carbonyl (C=O) groups is 3. The molecule has 6 rings (SSSR count). The van der Waals surface area contributed by atoms with Crippen LogP contribution in [0.25, 0.3) is 21.7 Å². The van der Waals surface area contributed by atoms with Crippen LogP contribution < -0.4 is 15.0 Å². The minimum atomic E-state index is -0.946. The van der Waals surface area contributed by atoms with Gasteiger partial charge in [-0.05, 0) is 83.2 Å². The van der Waals surface area contributed by atoms with Crippen molar-refractivity contribution in [3.8, 4) is 39.6 Å². The molecule has 0 spiro atoms. The third-order valence-corrected chi connectivity index (χ3v) is 11.6. The minimum absolute atomic E-state index is 0.0409. The second-order valence-corrected chi connectivity index (χ2v) is 17.1. The van der Waals surface area contributed by atoms with Gasteiger partial charge in [0.2, 0.25) is 5.91 Å². The molecule has 2 fully saturated rings. The number of nitrogens with one attached hydrogen (secondary N) is 1. The quantitative estimate of drug-likeness (QED) is 0.0783. The molecule has 2 atom stereocenters. The maximum absolute atomic E-state index is 13.0. The summed E-state index contributed by atoms with van der Waals surface area (Å²) in [5.74, 6) is 0.447. The molecule has 0 bridgehead atoms. The molecule has 13 nitrogen and oxygen atoms in total. The van der Waals surface area contributed by atoms with Gasteiger partial charge in [-0.15, -0.1) is 11.3 Å². The van der Waals surface area contributed by atoms with Gasteiger partial charge in [-0.2, -0.15) is 10.5 Å². The first-order chi connectivity index (χ1) is 27.8. The molecule has 58 heavy (non-hydrogen) atoms. The number of carbonyl (C=O) groups excluding carboxylic acids is 3. The van der Waals surface area contributed by atoms with E-state index in [1.165, 1.54) is 34.9 Å². The van der Waals surface area contributed by atoms with Gasteiger partial charge in [0.05, 0.1) is 11.3 Å². The Morgan fingerprint density at radius 2 is 1.66 bits per heavy atom. The Morgan fingerprint density at radius 1 is 0.966 bits per heavy atom. The van der Waals surface area contributed by atoms with Gasteiger partial charge in [0.25, 0.3) is 0 Å². The number of benzene rings is 2. The van der Waals surface area contributed by atoms with Gasteiger partial charge in [0, 0.05) is 46.9 Å². The van der Waals surface area contributed by atoms with Gasteiger partial charge in [0.15, 0.2) is 0 Å². The van der Waals surface area contributed by atoms with Gasteiger partial charge in [-0.3, -0.25) is 9.69 Å². The highest BCUT2D eigenvalue weighted by Gasteiger charge is 2.37. The molecule has 0 unspecified atom stereocenters. The summed E-state index contributed by atoms with van der Waals surface area (Å²) in [5.41, 5.74) is 2.94. The molecule has 4 aromatic rings. The number of amides is 2. The van der Waals surface area contributed by atoms with Crippen LogP contribution in [0.3, 0.4) is 0 Å². The average molecular weight is 842 g/mol. The Morgan fingerprint density at radius 3 is 2.33 bits per heavy atom. The number of aromatic nitrogens is 2. The van der Waals surface area contributed by atoms with Gasteiger partial charge in [-0.25, -0.2) is 19.6 Å². The van der Waals surface area contributed by atoms with Gasteiger partial charge >= 0.3 is 12.1 Å². The number of esters is 1. The second-order valence-electron chi connectivity index (χ2n) is 14.8. The zero-order chi connectivity index (χ0) is 41.4. The largest absolute Gasteiger partial charge is 0.490 e. The number of thioether (sulfide) groups is 1. The molecule has 4 heterocycles. The van der Waals surface area contributed by atoms with Crippen LogP contribution in [0.1, 0.15) is 70.2 Å². The van der Waals surface area contributed by atoms with E-state index in [0.29, 0.717) is 69.0 Å². The summed E-state index contributed by atoms with van der Waals surface area (Å²) in [6.07, 6.45) is 2.53. The molecule has 2 aliphatic rings. The normalized spacial score (nSPS) is 15.7. The van der Waals surface area contributed by atoms with E-state index in [0.717, 1.165) is 42.2 Å². The Balaban J connectivity index is 1.09. The number of hydrogen-bond donors (Lipinski definition) is 1. The third kappa shape index (κ3) is 10.4. The SMILES string of the molecule is C[C@H](NC(=O)[C@@H]1CCCN1C(=O)OC(C)(C)C)C(=O)OCCOc1ccc(-c2c(C#N)c(SCc3csc(-c4ccc(Cl)cc4)n3)nc(N3CCCC3)c2C#N)cc1. The van der Waals surface area contributed by atoms with E-state index in [2.05, 4.69) is 22.4 Å². The number of thiazole rings is 1. The second kappa shape index (κ2) is 18.9. The number of hydrogen-bond acceptors (Lipinski definition) is 13. The van der Waals surface area contributed by atoms with Crippen LogP contribution >= 0.6 is 34.7 Å². The van der Waals surface area contributed by atoms with Crippen molar-refractivity contribution in [1.29, 1.82) is 10.5 Å². The number of rotatable bonds is 13. The van der Waals surface area contributed by atoms with Crippen LogP contribution in [0.2, 0.25) is 5.02 Å². The lowest BCUT2D eigenvalue weighted by molar-refractivity contribution is -0.148. The Labute approximate surface area is 351 Å². The van der Waals surface area contributed by atoms with Crippen molar-refractivity contribution in [2.75, 3.05) is 37.7 Å². The monoisotopic (exact) mass is 841 g/mol. The molecule has 302 valence electrons. The van der Waals surface area contributed by atoms with Crippen LogP contribution in [0, 0.1) is 22.7 Å². The molecule has 2 aliphatic heterocycles. The van der Waals surface area contributed by atoms with Crippen LogP contribution in [-0.2, 0) is 24.8 Å². The number of likely N-dealkylation sites (tertiary alicyclic amines) is 1. The number of ether oxygens (including phenoxy) is 3. The average Bonchev–Trinajstić information content (AvgIpc) is 4.01. The lowest BCUT2D eigenvalue weighted by Crippen LogP contribution is -2.51. The molecule has 0 radical (unpaired) electrons. The molecule has 0 aliphatic carbocycles. The van der Waals surface area contributed by atoms with E-state index in [4.69, 9.17) is 35.8 Å². The standard InChI is InChI=1S/C42H44ClN7O6S2/c1-26(46-37(51)34-8-7-19-50(34)41(53)56-42(2,3)4)40(52)55-21-20-54-31-15-11-27(12-16-31)35-32(22-44)36(49-17-5-6-18-49)48-39(33(35)23-45)58-25-30-24-57-38(47-30)28-9-13-29(43)14-10-28/h9-16,24,26,34H,5-8,17-21,25H2,1-4H3,(H,46,51)/t26-,34-/m0/s1. The van der Waals surface area contributed by atoms with Crippen molar-refractivity contribution < 1.29 is 28.6 Å². The smallest absolute Gasteiger partial charge is 0.410 e. The third-order valence-electron chi connectivity index (χ3n) is 9.41. The highest BCUT2D eigenvalue weighted by Crippen LogP contribution is 2.40. The lowest BCUT2D eigenvalue weighted by atomic mass is 9.96. The summed E-state index contributed by atoms with van der Waals surface area (Å²) < 4.78 is 16.6. The molecule has 0 saturated carbocycles. The summed E-state index contributed by atoms with van der Waals surface area (Å²) in [7, 11) is 0. The molecule has 2 aromatic heterocycles. The summed E-state index contributed by atoms with van der Waals surface area (Å²) in [6.45, 7) is 8.70. The Kier molecular flexibility index (Phi) is 13.8. The number of anilines is 1. The van der Waals surface area contributed by atoms with Crippen molar-refractivity contribution in [2.24, 2.45) is 0 Å². The Bertz CT molecular complexity index is 2210. The zero-order valence-electron chi connectivity index (χ0n) is 32.7. The lowest BCUT2D eigenvalue weighted by Gasteiger charge is -2.28. The summed E-state index contributed by atoms with van der Waals surface area (Å²) in [6, 6.07) is 17.6. The van der Waals surface area contributed by atoms with E-state index >= 15 is 0 Å². The summed E-state index contributed by atoms with van der Waals surface area (Å²) in [5, 5.41) is 27.7. The first-order valence-electron chi connectivity index (χ1n) is 19.0. The maximum Gasteiger partial charge on any atom is 0.410 e. The maximum atomic E-state index is 13.0. The summed E-state index contributed by atoms with van der Waals surface area (Å²) in [4.78, 5) is 51.5. The Hall–Kier alpha value is -5.35. The minimum Gasteiger partial charge on any atom is -0.490 e. The summed E-state index contributed by atoms with van der Waals surface area (Å²) >= 11 is 9.01. The molecular formula is C42H44ClN7O6S2. The van der Waals surface area contributed by atoms with Crippen molar-refractivity contribution in [1.82, 2.24) is 20.2 Å². The topological polar surface area (TPSA) is 171 Å². The van der Waals surface area contributed by atoms with Crippen molar-refractivity contribution in [2.45, 2.75) is 81.8 Å². The fourth-order valence-corrected chi connectivity index (χ4v) is 8.58. The van der Waals surface area contributed by atoms with Gasteiger partial charge in [0.1, 0.15) is 70.2 Å². The van der Waals surface area contributed by atoms with Crippen molar-refractivity contribution in [3.05, 3.63) is 75.8 Å². The van der Waals surface area contributed by atoms with Gasteiger partial charge < -0.3 is 24.4 Å². The van der Waals surface area contributed by atoms with Crippen molar-refractivity contribution in [3.63, 3.8) is 0 Å². The number of nitriles is 2. The molecule has 2 amide bonds. The van der Waals surface area contributed by atoms with Gasteiger partial charge in [-0.1, -0.05) is 47.6 Å². The fraction of sp³-hybridized carbons (Fsp3) is 0.405. The van der Waals surface area contributed by atoms with E-state index in [-0.39, 0.29) is 13.2 Å². The van der Waals surface area contributed by atoms with Crippen LogP contribution in [0.15, 0.2) is 58.9 Å². The van der Waals surface area contributed by atoms with E-state index < -0.39 is 35.7 Å². The molecule has 2 aromatic carbocycles. The molecule has 16 heteroatoms. The van der Waals surface area contributed by atoms with E-state index in [1.807, 2.05) is 29.6 Å².